The van der Waals surface area contributed by atoms with Gasteiger partial charge in [0.2, 0.25) is 0 Å². The Kier molecular flexibility index (Phi) is 6.96. The molecule has 2 aromatic carbocycles. The Morgan fingerprint density at radius 2 is 1.48 bits per heavy atom. The molecule has 0 aromatic heterocycles. The van der Waals surface area contributed by atoms with Crippen LogP contribution in [-0.4, -0.2) is 0 Å². The summed E-state index contributed by atoms with van der Waals surface area (Å²) in [5.41, 5.74) is 3.03. The summed E-state index contributed by atoms with van der Waals surface area (Å²) < 4.78 is 0. The Morgan fingerprint density at radius 3 is 2.24 bits per heavy atom. The molecule has 1 aliphatic rings. The zero-order valence-corrected chi connectivity index (χ0v) is 16.4. The molecule has 0 N–H and O–H groups in total. The predicted molar refractivity (Wildman–Crippen MR) is 111 cm³/mol. The first kappa shape index (κ1) is 18.5. The highest BCUT2D eigenvalue weighted by atomic mass is 14.3. The topological polar surface area (TPSA) is 0 Å². The molecule has 0 radical (unpaired) electrons. The van der Waals surface area contributed by atoms with Gasteiger partial charge in [-0.3, -0.25) is 0 Å². The van der Waals surface area contributed by atoms with Crippen molar-refractivity contribution < 1.29 is 0 Å². The second-order valence-corrected chi connectivity index (χ2v) is 8.22. The van der Waals surface area contributed by atoms with Gasteiger partial charge in [0.25, 0.3) is 0 Å². The Bertz CT molecular complexity index is 646. The van der Waals surface area contributed by atoms with Gasteiger partial charge >= 0.3 is 0 Å². The number of hydrogen-bond donors (Lipinski definition) is 0. The SMILES string of the molecule is CCCCCCCC1CCC(c2ccc3cc(CC)ccc3c2)CC1. The number of hydrogen-bond acceptors (Lipinski definition) is 0. The van der Waals surface area contributed by atoms with Crippen LogP contribution in [0.25, 0.3) is 10.8 Å². The lowest BCUT2D eigenvalue weighted by molar-refractivity contribution is 0.302. The minimum atomic E-state index is 0.798. The Labute approximate surface area is 155 Å². The van der Waals surface area contributed by atoms with Crippen LogP contribution in [0, 0.1) is 5.92 Å². The maximum atomic E-state index is 2.46. The van der Waals surface area contributed by atoms with Gasteiger partial charge in [-0.2, -0.15) is 0 Å². The fraction of sp³-hybridized carbons (Fsp3) is 0.600. The molecule has 25 heavy (non-hydrogen) atoms. The van der Waals surface area contributed by atoms with Crippen LogP contribution in [0.3, 0.4) is 0 Å². The molecule has 0 heteroatoms. The second kappa shape index (κ2) is 9.41. The monoisotopic (exact) mass is 336 g/mol. The molecular weight excluding hydrogens is 300 g/mol. The van der Waals surface area contributed by atoms with E-state index in [9.17, 15) is 0 Å². The van der Waals surface area contributed by atoms with Crippen molar-refractivity contribution >= 4 is 10.8 Å². The third-order valence-corrected chi connectivity index (χ3v) is 6.37. The molecular formula is C25H36. The number of rotatable bonds is 8. The van der Waals surface area contributed by atoms with Crippen molar-refractivity contribution in [3.63, 3.8) is 0 Å². The van der Waals surface area contributed by atoms with Gasteiger partial charge in [0.15, 0.2) is 0 Å². The number of aryl methyl sites for hydroxylation is 1. The molecule has 0 amide bonds. The number of unbranched alkanes of at least 4 members (excludes halogenated alkanes) is 4. The van der Waals surface area contributed by atoms with E-state index in [2.05, 4.69) is 50.2 Å². The largest absolute Gasteiger partial charge is 0.0654 e. The van der Waals surface area contributed by atoms with Crippen molar-refractivity contribution in [3.05, 3.63) is 47.5 Å². The summed E-state index contributed by atoms with van der Waals surface area (Å²) in [4.78, 5) is 0. The smallest absolute Gasteiger partial charge is 0.0162 e. The van der Waals surface area contributed by atoms with Crippen LogP contribution in [0.1, 0.15) is 95.1 Å². The highest BCUT2D eigenvalue weighted by Gasteiger charge is 2.22. The summed E-state index contributed by atoms with van der Waals surface area (Å²) in [5, 5.41) is 2.83. The van der Waals surface area contributed by atoms with Gasteiger partial charge in [0.1, 0.15) is 0 Å². The molecule has 0 aliphatic heterocycles. The van der Waals surface area contributed by atoms with Gasteiger partial charge in [-0.1, -0.05) is 88.8 Å². The van der Waals surface area contributed by atoms with Gasteiger partial charge in [-0.25, -0.2) is 0 Å². The third-order valence-electron chi connectivity index (χ3n) is 6.37. The Morgan fingerprint density at radius 1 is 0.760 bits per heavy atom. The first-order valence-corrected chi connectivity index (χ1v) is 10.8. The van der Waals surface area contributed by atoms with E-state index in [4.69, 9.17) is 0 Å². The average Bonchev–Trinajstić information content (AvgIpc) is 2.67. The van der Waals surface area contributed by atoms with Crippen LogP contribution in [0.2, 0.25) is 0 Å². The van der Waals surface area contributed by atoms with Crippen molar-refractivity contribution in [3.8, 4) is 0 Å². The van der Waals surface area contributed by atoms with Crippen LogP contribution in [0.5, 0.6) is 0 Å². The molecule has 0 saturated heterocycles. The van der Waals surface area contributed by atoms with Crippen LogP contribution < -0.4 is 0 Å². The summed E-state index contributed by atoms with van der Waals surface area (Å²) in [6.07, 6.45) is 15.5. The van der Waals surface area contributed by atoms with E-state index < -0.39 is 0 Å². The molecule has 0 spiro atoms. The van der Waals surface area contributed by atoms with E-state index in [0.717, 1.165) is 18.3 Å². The van der Waals surface area contributed by atoms with Crippen molar-refractivity contribution in [2.24, 2.45) is 5.92 Å². The standard InChI is InChI=1S/C25H36/c1-3-5-6-7-8-9-21-11-13-22(14-12-21)24-17-16-23-18-20(4-2)10-15-25(23)19-24/h10,15-19,21-22H,3-9,11-14H2,1-2H3. The minimum Gasteiger partial charge on any atom is -0.0654 e. The van der Waals surface area contributed by atoms with Crippen molar-refractivity contribution in [2.75, 3.05) is 0 Å². The van der Waals surface area contributed by atoms with E-state index in [1.807, 2.05) is 0 Å². The minimum absolute atomic E-state index is 0.798. The molecule has 0 bridgehead atoms. The zero-order chi connectivity index (χ0) is 17.5. The highest BCUT2D eigenvalue weighted by Crippen LogP contribution is 2.38. The summed E-state index contributed by atoms with van der Waals surface area (Å²) in [7, 11) is 0. The van der Waals surface area contributed by atoms with Crippen LogP contribution >= 0.6 is 0 Å². The van der Waals surface area contributed by atoms with Gasteiger partial charge in [-0.15, -0.1) is 0 Å². The number of benzene rings is 2. The third kappa shape index (κ3) is 5.09. The van der Waals surface area contributed by atoms with E-state index in [0.29, 0.717) is 0 Å². The normalized spacial score (nSPS) is 20.9. The number of fused-ring (bicyclic) bond motifs is 1. The van der Waals surface area contributed by atoms with Gasteiger partial charge in [-0.05, 0) is 65.8 Å². The molecule has 0 nitrogen and oxygen atoms in total. The van der Waals surface area contributed by atoms with Crippen molar-refractivity contribution in [1.82, 2.24) is 0 Å². The highest BCUT2D eigenvalue weighted by molar-refractivity contribution is 5.84. The van der Waals surface area contributed by atoms with Crippen LogP contribution in [0.15, 0.2) is 36.4 Å². The molecule has 136 valence electrons. The lowest BCUT2D eigenvalue weighted by atomic mass is 9.76. The van der Waals surface area contributed by atoms with Crippen LogP contribution in [0.4, 0.5) is 0 Å². The molecule has 0 unspecified atom stereocenters. The summed E-state index contributed by atoms with van der Waals surface area (Å²) >= 11 is 0. The molecule has 1 saturated carbocycles. The second-order valence-electron chi connectivity index (χ2n) is 8.22. The lowest BCUT2D eigenvalue weighted by Gasteiger charge is -2.29. The summed E-state index contributed by atoms with van der Waals surface area (Å²) in [6.45, 7) is 4.54. The van der Waals surface area contributed by atoms with Crippen LogP contribution in [-0.2, 0) is 6.42 Å². The van der Waals surface area contributed by atoms with Crippen molar-refractivity contribution in [2.45, 2.75) is 90.4 Å². The quantitative estimate of drug-likeness (QED) is 0.428. The molecule has 1 fully saturated rings. The average molecular weight is 337 g/mol. The van der Waals surface area contributed by atoms with Gasteiger partial charge in [0.05, 0.1) is 0 Å². The van der Waals surface area contributed by atoms with Gasteiger partial charge < -0.3 is 0 Å². The molecule has 3 rings (SSSR count). The molecule has 0 atom stereocenters. The molecule has 2 aromatic rings. The fourth-order valence-electron chi connectivity index (χ4n) is 4.61. The zero-order valence-electron chi connectivity index (χ0n) is 16.4. The molecule has 1 aliphatic carbocycles. The van der Waals surface area contributed by atoms with E-state index >= 15 is 0 Å². The first-order chi connectivity index (χ1) is 12.3. The van der Waals surface area contributed by atoms with E-state index in [1.54, 1.807) is 5.56 Å². The maximum absolute atomic E-state index is 2.46. The lowest BCUT2D eigenvalue weighted by Crippen LogP contribution is -2.13. The van der Waals surface area contributed by atoms with Gasteiger partial charge in [0, 0.05) is 0 Å². The molecule has 0 heterocycles. The first-order valence-electron chi connectivity index (χ1n) is 10.8. The van der Waals surface area contributed by atoms with E-state index in [1.165, 1.54) is 80.5 Å². The summed E-state index contributed by atoms with van der Waals surface area (Å²) in [5.74, 6) is 1.80. The Balaban J connectivity index is 1.51. The van der Waals surface area contributed by atoms with E-state index in [-0.39, 0.29) is 0 Å². The predicted octanol–water partition coefficient (Wildman–Crippen LogP) is 8.04. The fourth-order valence-corrected chi connectivity index (χ4v) is 4.61. The maximum Gasteiger partial charge on any atom is -0.0162 e. The summed E-state index contributed by atoms with van der Waals surface area (Å²) in [6, 6.07) is 14.2. The van der Waals surface area contributed by atoms with Crippen molar-refractivity contribution in [1.29, 1.82) is 0 Å². The Hall–Kier alpha value is -1.30.